The van der Waals surface area contributed by atoms with E-state index in [0.717, 1.165) is 17.6 Å². The summed E-state index contributed by atoms with van der Waals surface area (Å²) in [6.07, 6.45) is 1.77. The maximum Gasteiger partial charge on any atom is 0.232 e. The molecule has 0 unspecified atom stereocenters. The normalized spacial score (nSPS) is 11.1. The predicted octanol–water partition coefficient (Wildman–Crippen LogP) is 3.05. The van der Waals surface area contributed by atoms with E-state index >= 15 is 0 Å². The van der Waals surface area contributed by atoms with E-state index in [0.29, 0.717) is 31.0 Å². The lowest BCUT2D eigenvalue weighted by atomic mass is 10.1. The highest BCUT2D eigenvalue weighted by Crippen LogP contribution is 2.23. The molecule has 2 rings (SSSR count). The topological polar surface area (TPSA) is 84.9 Å². The fourth-order valence-corrected chi connectivity index (χ4v) is 3.84. The van der Waals surface area contributed by atoms with Gasteiger partial charge in [-0.15, -0.1) is 0 Å². The lowest BCUT2D eigenvalue weighted by molar-refractivity contribution is -0.121. The van der Waals surface area contributed by atoms with E-state index in [9.17, 15) is 13.2 Å². The van der Waals surface area contributed by atoms with Crippen LogP contribution in [0.5, 0.6) is 11.5 Å². The number of ether oxygens (including phenoxy) is 2. The number of anilines is 1. The Hall–Kier alpha value is -2.74. The summed E-state index contributed by atoms with van der Waals surface area (Å²) in [5, 5.41) is 2.80. The van der Waals surface area contributed by atoms with Crippen molar-refractivity contribution in [2.24, 2.45) is 0 Å². The molecular formula is C22H30N2O5S. The number of aryl methyl sites for hydroxylation is 2. The molecule has 1 amide bonds. The third-order valence-electron chi connectivity index (χ3n) is 4.68. The molecule has 2 aromatic rings. The Morgan fingerprint density at radius 1 is 1.07 bits per heavy atom. The van der Waals surface area contributed by atoms with E-state index in [1.165, 1.54) is 17.0 Å². The number of benzene rings is 2. The predicted molar refractivity (Wildman–Crippen MR) is 119 cm³/mol. The number of hydrogen-bond acceptors (Lipinski definition) is 5. The highest BCUT2D eigenvalue weighted by molar-refractivity contribution is 7.92. The molecule has 0 fully saturated rings. The number of sulfonamides is 1. The average molecular weight is 435 g/mol. The molecule has 1 N–H and O–H groups in total. The van der Waals surface area contributed by atoms with Crippen molar-refractivity contribution < 1.29 is 22.7 Å². The first kappa shape index (κ1) is 23.5. The first-order valence-corrected chi connectivity index (χ1v) is 11.6. The Bertz CT molecular complexity index is 960. The number of methoxy groups -OCH3 is 1. The first-order valence-electron chi connectivity index (χ1n) is 9.79. The third kappa shape index (κ3) is 7.26. The molecule has 0 bridgehead atoms. The number of nitrogens with one attached hydrogen (secondary N) is 1. The molecule has 0 heterocycles. The quantitative estimate of drug-likeness (QED) is 0.550. The van der Waals surface area contributed by atoms with Crippen LogP contribution in [0.3, 0.4) is 0 Å². The molecule has 2 aromatic carbocycles. The summed E-state index contributed by atoms with van der Waals surface area (Å²) < 4.78 is 36.4. The minimum absolute atomic E-state index is 0.141. The van der Waals surface area contributed by atoms with Crippen molar-refractivity contribution in [3.05, 3.63) is 53.6 Å². The Kier molecular flexibility index (Phi) is 8.53. The number of hydrogen-bond donors (Lipinski definition) is 1. The molecular weight excluding hydrogens is 404 g/mol. The number of amides is 1. The summed E-state index contributed by atoms with van der Waals surface area (Å²) >= 11 is 0. The van der Waals surface area contributed by atoms with Crippen LogP contribution in [-0.4, -0.2) is 47.4 Å². The van der Waals surface area contributed by atoms with Crippen LogP contribution in [0.1, 0.15) is 24.0 Å². The van der Waals surface area contributed by atoms with Crippen molar-refractivity contribution in [3.8, 4) is 11.5 Å². The number of nitrogens with zero attached hydrogens (tertiary/aromatic N) is 1. The molecule has 0 atom stereocenters. The molecule has 8 heteroatoms. The smallest absolute Gasteiger partial charge is 0.232 e. The van der Waals surface area contributed by atoms with Crippen molar-refractivity contribution in [1.82, 2.24) is 5.32 Å². The van der Waals surface area contributed by atoms with Crippen LogP contribution < -0.4 is 19.1 Å². The van der Waals surface area contributed by atoms with Crippen LogP contribution in [0.2, 0.25) is 0 Å². The second-order valence-electron chi connectivity index (χ2n) is 7.08. The van der Waals surface area contributed by atoms with Gasteiger partial charge in [0.2, 0.25) is 15.9 Å². The second kappa shape index (κ2) is 10.9. The van der Waals surface area contributed by atoms with Crippen LogP contribution in [0.15, 0.2) is 42.5 Å². The van der Waals surface area contributed by atoms with Crippen molar-refractivity contribution >= 4 is 21.6 Å². The molecule has 0 spiro atoms. The van der Waals surface area contributed by atoms with E-state index in [1.807, 2.05) is 32.0 Å². The van der Waals surface area contributed by atoms with Gasteiger partial charge >= 0.3 is 0 Å². The monoisotopic (exact) mass is 434 g/mol. The van der Waals surface area contributed by atoms with Crippen molar-refractivity contribution in [2.45, 2.75) is 26.7 Å². The summed E-state index contributed by atoms with van der Waals surface area (Å²) in [6.45, 7) is 5.03. The minimum Gasteiger partial charge on any atom is -0.497 e. The van der Waals surface area contributed by atoms with Crippen LogP contribution in [0, 0.1) is 13.8 Å². The van der Waals surface area contributed by atoms with Gasteiger partial charge in [-0.2, -0.15) is 0 Å². The highest BCUT2D eigenvalue weighted by Gasteiger charge is 2.18. The van der Waals surface area contributed by atoms with E-state index < -0.39 is 10.0 Å². The highest BCUT2D eigenvalue weighted by atomic mass is 32.2. The lowest BCUT2D eigenvalue weighted by Crippen LogP contribution is -2.32. The van der Waals surface area contributed by atoms with Gasteiger partial charge in [-0.3, -0.25) is 9.10 Å². The molecule has 0 saturated carbocycles. The summed E-state index contributed by atoms with van der Waals surface area (Å²) in [5.41, 5.74) is 2.87. The molecule has 0 aromatic heterocycles. The van der Waals surface area contributed by atoms with E-state index in [4.69, 9.17) is 9.47 Å². The summed E-state index contributed by atoms with van der Waals surface area (Å²) in [6, 6.07) is 12.7. The number of rotatable bonds is 11. The molecule has 0 aliphatic rings. The third-order valence-corrected chi connectivity index (χ3v) is 5.87. The zero-order valence-electron chi connectivity index (χ0n) is 18.0. The van der Waals surface area contributed by atoms with Crippen LogP contribution in [0.4, 0.5) is 5.69 Å². The molecule has 0 aliphatic carbocycles. The zero-order chi connectivity index (χ0) is 22.1. The summed E-state index contributed by atoms with van der Waals surface area (Å²) in [5.74, 6) is 1.20. The molecule has 164 valence electrons. The van der Waals surface area contributed by atoms with Gasteiger partial charge in [0.25, 0.3) is 0 Å². The van der Waals surface area contributed by atoms with E-state index in [2.05, 4.69) is 5.32 Å². The van der Waals surface area contributed by atoms with Gasteiger partial charge in [-0.05, 0) is 55.7 Å². The van der Waals surface area contributed by atoms with Gasteiger partial charge in [-0.1, -0.05) is 12.1 Å². The van der Waals surface area contributed by atoms with Crippen LogP contribution >= 0.6 is 0 Å². The molecule has 0 saturated heterocycles. The second-order valence-corrected chi connectivity index (χ2v) is 8.99. The van der Waals surface area contributed by atoms with Crippen molar-refractivity contribution in [1.29, 1.82) is 0 Å². The fraction of sp³-hybridized carbons (Fsp3) is 0.409. The molecule has 30 heavy (non-hydrogen) atoms. The first-order chi connectivity index (χ1) is 14.2. The molecule has 0 aliphatic heterocycles. The van der Waals surface area contributed by atoms with E-state index in [1.54, 1.807) is 24.3 Å². The Labute approximate surface area is 179 Å². The van der Waals surface area contributed by atoms with E-state index in [-0.39, 0.29) is 18.9 Å². The van der Waals surface area contributed by atoms with Crippen molar-refractivity contribution in [2.75, 3.05) is 37.4 Å². The lowest BCUT2D eigenvalue weighted by Gasteiger charge is -2.22. The summed E-state index contributed by atoms with van der Waals surface area (Å²) in [4.78, 5) is 12.1. The van der Waals surface area contributed by atoms with Gasteiger partial charge in [0.15, 0.2) is 0 Å². The maximum atomic E-state index is 12.2. The van der Waals surface area contributed by atoms with Gasteiger partial charge in [0.05, 0.1) is 25.6 Å². The fourth-order valence-electron chi connectivity index (χ4n) is 2.89. The number of carbonyl (C=O) groups excluding carboxylic acids is 1. The average Bonchev–Trinajstić information content (AvgIpc) is 2.70. The van der Waals surface area contributed by atoms with Gasteiger partial charge in [0.1, 0.15) is 18.1 Å². The van der Waals surface area contributed by atoms with Crippen LogP contribution in [0.25, 0.3) is 0 Å². The van der Waals surface area contributed by atoms with Gasteiger partial charge in [0, 0.05) is 19.0 Å². The molecule has 7 nitrogen and oxygen atoms in total. The van der Waals surface area contributed by atoms with Gasteiger partial charge < -0.3 is 14.8 Å². The largest absolute Gasteiger partial charge is 0.497 e. The minimum atomic E-state index is -3.47. The van der Waals surface area contributed by atoms with Gasteiger partial charge in [-0.25, -0.2) is 8.42 Å². The standard InChI is InChI=1S/C22H30N2O5S/c1-17-10-11-21(15-18(17)2)29-14-12-23-22(25)9-6-13-24(30(4,26)27)19-7-5-8-20(16-19)28-3/h5,7-8,10-11,15-16H,6,9,12-14H2,1-4H3,(H,23,25). The van der Waals surface area contributed by atoms with Crippen LogP contribution in [-0.2, 0) is 14.8 Å². The Morgan fingerprint density at radius 3 is 2.50 bits per heavy atom. The zero-order valence-corrected chi connectivity index (χ0v) is 18.8. The SMILES string of the molecule is COc1cccc(N(CCCC(=O)NCCOc2ccc(C)c(C)c2)S(C)(=O)=O)c1. The summed E-state index contributed by atoms with van der Waals surface area (Å²) in [7, 11) is -1.95. The Balaban J connectivity index is 1.77. The molecule has 0 radical (unpaired) electrons. The maximum absolute atomic E-state index is 12.2. The number of carbonyl (C=O) groups is 1. The van der Waals surface area contributed by atoms with Crippen molar-refractivity contribution in [3.63, 3.8) is 0 Å². The Morgan fingerprint density at radius 2 is 1.83 bits per heavy atom.